The highest BCUT2D eigenvalue weighted by Crippen LogP contribution is 2.14. The molecule has 3 nitrogen and oxygen atoms in total. The third-order valence-corrected chi connectivity index (χ3v) is 4.02. The molecule has 0 amide bonds. The van der Waals surface area contributed by atoms with Crippen molar-refractivity contribution in [3.63, 3.8) is 0 Å². The van der Waals surface area contributed by atoms with Gasteiger partial charge in [-0.2, -0.15) is 0 Å². The molecular formula is C10H11ClO3S. The molecule has 15 heavy (non-hydrogen) atoms. The second-order valence-corrected chi connectivity index (χ2v) is 6.20. The minimum Gasteiger partial charge on any atom is -0.291 e. The molecule has 0 spiro atoms. The summed E-state index contributed by atoms with van der Waals surface area (Å²) >= 11 is 5.56. The summed E-state index contributed by atoms with van der Waals surface area (Å²) in [7, 11) is -3.55. The smallest absolute Gasteiger partial charge is 0.197 e. The number of rotatable bonds is 3. The van der Waals surface area contributed by atoms with Crippen molar-refractivity contribution in [2.45, 2.75) is 11.6 Å². The second-order valence-electron chi connectivity index (χ2n) is 3.38. The molecule has 0 N–H and O–H groups in total. The number of benzene rings is 1. The van der Waals surface area contributed by atoms with Crippen molar-refractivity contribution in [3.8, 4) is 0 Å². The average Bonchev–Trinajstić information content (AvgIpc) is 2.14. The van der Waals surface area contributed by atoms with E-state index in [2.05, 4.69) is 0 Å². The molecule has 1 aromatic rings. The third kappa shape index (κ3) is 3.04. The monoisotopic (exact) mass is 246 g/mol. The topological polar surface area (TPSA) is 51.2 Å². The van der Waals surface area contributed by atoms with Gasteiger partial charge < -0.3 is 0 Å². The quantitative estimate of drug-likeness (QED) is 0.604. The van der Waals surface area contributed by atoms with E-state index in [0.29, 0.717) is 5.56 Å². The molecule has 0 aliphatic rings. The number of alkyl halides is 1. The van der Waals surface area contributed by atoms with Crippen LogP contribution in [0, 0.1) is 6.92 Å². The van der Waals surface area contributed by atoms with Crippen molar-refractivity contribution >= 4 is 27.2 Å². The van der Waals surface area contributed by atoms with Gasteiger partial charge in [0, 0.05) is 11.8 Å². The lowest BCUT2D eigenvalue weighted by Crippen LogP contribution is -2.23. The lowest BCUT2D eigenvalue weighted by molar-refractivity contribution is 0.101. The third-order valence-electron chi connectivity index (χ3n) is 1.88. The van der Waals surface area contributed by atoms with E-state index in [0.717, 1.165) is 11.8 Å². The largest absolute Gasteiger partial charge is 0.291 e. The van der Waals surface area contributed by atoms with Crippen LogP contribution < -0.4 is 0 Å². The molecule has 1 aromatic carbocycles. The first-order chi connectivity index (χ1) is 6.82. The first kappa shape index (κ1) is 12.2. The van der Waals surface area contributed by atoms with Crippen LogP contribution in [0.3, 0.4) is 0 Å². The SMILES string of the molecule is Cc1cccc(C(=O)C(Cl)S(C)(=O)=O)c1. The van der Waals surface area contributed by atoms with Crippen LogP contribution >= 0.6 is 11.6 Å². The minimum absolute atomic E-state index is 0.320. The number of hydrogen-bond acceptors (Lipinski definition) is 3. The van der Waals surface area contributed by atoms with Crippen molar-refractivity contribution < 1.29 is 13.2 Å². The van der Waals surface area contributed by atoms with Crippen LogP contribution in [0.2, 0.25) is 0 Å². The molecule has 0 aliphatic carbocycles. The predicted octanol–water partition coefficient (Wildman–Crippen LogP) is 1.79. The zero-order valence-electron chi connectivity index (χ0n) is 8.40. The van der Waals surface area contributed by atoms with E-state index in [4.69, 9.17) is 11.6 Å². The molecule has 0 bridgehead atoms. The van der Waals surface area contributed by atoms with Crippen LogP contribution in [0.4, 0.5) is 0 Å². The maximum Gasteiger partial charge on any atom is 0.197 e. The first-order valence-corrected chi connectivity index (χ1v) is 6.65. The second kappa shape index (κ2) is 4.33. The highest BCUT2D eigenvalue weighted by Gasteiger charge is 2.26. The van der Waals surface area contributed by atoms with Crippen molar-refractivity contribution in [2.75, 3.05) is 6.26 Å². The van der Waals surface area contributed by atoms with Crippen LogP contribution in [-0.2, 0) is 9.84 Å². The number of Topliss-reactive ketones (excluding diaryl/α,β-unsaturated/α-hetero) is 1. The Morgan fingerprint density at radius 3 is 2.47 bits per heavy atom. The van der Waals surface area contributed by atoms with Gasteiger partial charge in [0.15, 0.2) is 20.3 Å². The zero-order chi connectivity index (χ0) is 11.6. The van der Waals surface area contributed by atoms with Gasteiger partial charge in [0.1, 0.15) is 0 Å². The van der Waals surface area contributed by atoms with E-state index in [1.165, 1.54) is 0 Å². The van der Waals surface area contributed by atoms with Crippen molar-refractivity contribution in [2.24, 2.45) is 0 Å². The van der Waals surface area contributed by atoms with Gasteiger partial charge in [0.25, 0.3) is 0 Å². The lowest BCUT2D eigenvalue weighted by Gasteiger charge is -2.06. The van der Waals surface area contributed by atoms with E-state index < -0.39 is 20.3 Å². The summed E-state index contributed by atoms with van der Waals surface area (Å²) in [6.07, 6.45) is 0.943. The molecule has 0 aliphatic heterocycles. The fourth-order valence-corrected chi connectivity index (χ4v) is 1.77. The molecule has 0 saturated heterocycles. The number of carbonyl (C=O) groups excluding carboxylic acids is 1. The standard InChI is InChI=1S/C10H11ClO3S/c1-7-4-3-5-8(6-7)9(12)10(11)15(2,13)14/h3-6,10H,1-2H3. The molecular weight excluding hydrogens is 236 g/mol. The summed E-state index contributed by atoms with van der Waals surface area (Å²) in [4.78, 5) is 11.6. The van der Waals surface area contributed by atoms with E-state index in [1.54, 1.807) is 18.2 Å². The van der Waals surface area contributed by atoms with Crippen molar-refractivity contribution in [1.29, 1.82) is 0 Å². The number of hydrogen-bond donors (Lipinski definition) is 0. The fourth-order valence-electron chi connectivity index (χ4n) is 1.12. The average molecular weight is 247 g/mol. The summed E-state index contributed by atoms with van der Waals surface area (Å²) in [5, 5.41) is 0. The van der Waals surface area contributed by atoms with Gasteiger partial charge >= 0.3 is 0 Å². The van der Waals surface area contributed by atoms with Crippen LogP contribution in [-0.4, -0.2) is 25.2 Å². The Balaban J connectivity index is 3.06. The fraction of sp³-hybridized carbons (Fsp3) is 0.300. The normalized spacial score (nSPS) is 13.5. The predicted molar refractivity (Wildman–Crippen MR) is 60.0 cm³/mol. The van der Waals surface area contributed by atoms with E-state index in [-0.39, 0.29) is 0 Å². The maximum atomic E-state index is 11.6. The van der Waals surface area contributed by atoms with Crippen molar-refractivity contribution in [1.82, 2.24) is 0 Å². The zero-order valence-corrected chi connectivity index (χ0v) is 9.97. The highest BCUT2D eigenvalue weighted by atomic mass is 35.5. The Labute approximate surface area is 94.0 Å². The number of ketones is 1. The molecule has 0 fully saturated rings. The van der Waals surface area contributed by atoms with Crippen molar-refractivity contribution in [3.05, 3.63) is 35.4 Å². The molecule has 0 aromatic heterocycles. The van der Waals surface area contributed by atoms with Gasteiger partial charge in [0.2, 0.25) is 0 Å². The molecule has 0 radical (unpaired) electrons. The van der Waals surface area contributed by atoms with Gasteiger partial charge in [0.05, 0.1) is 0 Å². The number of halogens is 1. The summed E-state index contributed by atoms with van der Waals surface area (Å²) < 4.78 is 20.7. The van der Waals surface area contributed by atoms with Gasteiger partial charge in [-0.1, -0.05) is 35.4 Å². The Morgan fingerprint density at radius 1 is 1.40 bits per heavy atom. The van der Waals surface area contributed by atoms with E-state index >= 15 is 0 Å². The maximum absolute atomic E-state index is 11.6. The van der Waals surface area contributed by atoms with Crippen LogP contribution in [0.1, 0.15) is 15.9 Å². The summed E-state index contributed by atoms with van der Waals surface area (Å²) in [6.45, 7) is 1.82. The minimum atomic E-state index is -3.55. The molecule has 5 heteroatoms. The Morgan fingerprint density at radius 2 is 2.00 bits per heavy atom. The first-order valence-electron chi connectivity index (χ1n) is 4.26. The Hall–Kier alpha value is -0.870. The van der Waals surface area contributed by atoms with Crippen LogP contribution in [0.15, 0.2) is 24.3 Å². The lowest BCUT2D eigenvalue weighted by atomic mass is 10.1. The molecule has 1 unspecified atom stereocenters. The summed E-state index contributed by atoms with van der Waals surface area (Å²) in [5.41, 5.74) is 1.21. The van der Waals surface area contributed by atoms with Gasteiger partial charge in [-0.05, 0) is 13.0 Å². The molecule has 82 valence electrons. The summed E-state index contributed by atoms with van der Waals surface area (Å²) in [5.74, 6) is -0.581. The highest BCUT2D eigenvalue weighted by molar-refractivity contribution is 7.93. The molecule has 1 atom stereocenters. The van der Waals surface area contributed by atoms with Crippen LogP contribution in [0.25, 0.3) is 0 Å². The van der Waals surface area contributed by atoms with Gasteiger partial charge in [-0.3, -0.25) is 4.79 Å². The Kier molecular flexibility index (Phi) is 3.52. The Bertz CT molecular complexity index is 479. The number of aryl methyl sites for hydroxylation is 1. The van der Waals surface area contributed by atoms with E-state index in [1.807, 2.05) is 13.0 Å². The molecule has 1 rings (SSSR count). The summed E-state index contributed by atoms with van der Waals surface area (Å²) in [6, 6.07) is 6.67. The number of sulfone groups is 1. The van der Waals surface area contributed by atoms with Crippen LogP contribution in [0.5, 0.6) is 0 Å². The van der Waals surface area contributed by atoms with E-state index in [9.17, 15) is 13.2 Å². The molecule has 0 heterocycles. The number of carbonyl (C=O) groups is 1. The van der Waals surface area contributed by atoms with Gasteiger partial charge in [-0.25, -0.2) is 8.42 Å². The molecule has 0 saturated carbocycles. The van der Waals surface area contributed by atoms with Gasteiger partial charge in [-0.15, -0.1) is 0 Å².